The Bertz CT molecular complexity index is 5840. The van der Waals surface area contributed by atoms with Crippen LogP contribution in [0.1, 0.15) is 78.2 Å². The standard InChI is InChI=1S/C32H32F2N6O2.C25H26F2N6O2.C18H16F2N4O.C13H18N2.C7H4ClNO4.4H2/c1-22-7-10-26(37-30-35-18-25(19-36-30)24-8-11-27(12-9-24)42-29(33)34)17-28(22)38-31(41)39-15-16-40(32(21-39)13-14-32)20-23-5-3-2-4-6-23;1-16-2-5-19(12-21(16)32-24(34)33-11-10-30-25(15-33)8-9-25)31-23-28-13-18(14-29-23)17-3-6-20(7-4-17)35-22(26)27;1-11-2-5-14(8-16(11)21)24-18-22-9-13(10-23-18)12-3-6-15(7-4-12)25-17(19)20;1-2-4-12(5-3-1)10-15-9-8-14-11-13(15)6-7-13;8-7(10)13-6-3-1-5(2-4-6)9(11)12;;;;/h2-12,17-19,29H,13-16,20-21H2,1H3,(H,38,41)(H,35,36,37);2-7,12-14,22,30H,8-11,15H2,1H3,(H,32,34)(H,28,29,31);2-10,17H,21H2,1H3,(H,22,23,24);1-5,14H,6-11H2;1-4H;4*1H/i;;;;;4*1+1D. The largest absolute Gasteiger partial charge is 0.435 e. The van der Waals surface area contributed by atoms with E-state index in [-0.39, 0.29) is 51.8 Å². The van der Waals surface area contributed by atoms with Crippen molar-refractivity contribution < 1.29 is 76.5 Å². The molecule has 130 heavy (non-hydrogen) atoms. The third-order valence-electron chi connectivity index (χ3n) is 22.8. The summed E-state index contributed by atoms with van der Waals surface area (Å²) in [6.07, 6.45) is 17.1. The molecular formula is C95H104ClF6N19O9. The number of carbonyl (C=O) groups is 3. The average Bonchev–Trinajstić information content (AvgIpc) is 1.62. The molecule has 6 heterocycles. The molecule has 6 fully saturated rings. The molecule has 9 aromatic carbocycles. The van der Waals surface area contributed by atoms with E-state index < -0.39 is 30.2 Å². The highest BCUT2D eigenvalue weighted by atomic mass is 35.5. The molecule has 35 heteroatoms. The van der Waals surface area contributed by atoms with E-state index in [0.29, 0.717) is 42.2 Å². The quantitative estimate of drug-likeness (QED) is 0.00969. The molecule has 12 aromatic rings. The summed E-state index contributed by atoms with van der Waals surface area (Å²) in [6, 6.07) is 62.1. The van der Waals surface area contributed by atoms with Gasteiger partial charge >= 0.3 is 37.3 Å². The van der Waals surface area contributed by atoms with Crippen LogP contribution in [0.15, 0.2) is 250 Å². The Morgan fingerprint density at radius 1 is 0.477 bits per heavy atom. The molecule has 0 bridgehead atoms. The molecule has 3 aromatic heterocycles. The molecule has 3 saturated carbocycles. The van der Waals surface area contributed by atoms with E-state index in [1.807, 2.05) is 91.2 Å². The smallest absolute Gasteiger partial charge is 0.409 e. The van der Waals surface area contributed by atoms with Crippen LogP contribution in [0.3, 0.4) is 0 Å². The van der Waals surface area contributed by atoms with E-state index in [1.165, 1.54) is 97.7 Å². The first-order valence-electron chi connectivity index (χ1n) is 46.0. The number of halogens is 7. The number of carbonyl (C=O) groups excluding carboxylic acids is 3. The second-order valence-electron chi connectivity index (χ2n) is 32.0. The number of piperazine rings is 3. The SMILES string of the molecule is Cc1ccc(Nc2ncc(-c3ccc(OC(F)F)cc3)cn2)cc1N.Cc1ccc(Nc2ncc(-c3ccc(OC(F)F)cc3)cn2)cc1NC(=O)N1CCN(Cc2ccccc2)C2(CC2)C1.Cc1ccc(Nc2ncc(-c3ccc(OC(F)F)cc3)cn2)cc1NC(=O)N1CCNC2(CC2)C1.O=C(Cl)Oc1ccc([N+](=O)[O-])cc1.[2H][2H].[2H][2H].[2H][2H].[2H][2H].c1ccc(CN2CCNCC23CC3)cc1. The molecule has 0 atom stereocenters. The van der Waals surface area contributed by atoms with Crippen LogP contribution in [0.4, 0.5) is 98.4 Å². The fourth-order valence-electron chi connectivity index (χ4n) is 15.0. The number of nitro groups is 1. The molecule has 682 valence electrons. The van der Waals surface area contributed by atoms with Gasteiger partial charge in [0.05, 0.1) is 4.92 Å². The fourth-order valence-corrected chi connectivity index (χ4v) is 15.1. The predicted octanol–water partition coefficient (Wildman–Crippen LogP) is 20.8. The van der Waals surface area contributed by atoms with Gasteiger partial charge in [0.15, 0.2) is 0 Å². The molecule has 6 aliphatic rings. The van der Waals surface area contributed by atoms with Crippen molar-refractivity contribution in [1.82, 2.24) is 60.1 Å². The maximum absolute atomic E-state index is 13.3. The number of amides is 4. The highest BCUT2D eigenvalue weighted by molar-refractivity contribution is 6.61. The van der Waals surface area contributed by atoms with Gasteiger partial charge in [0.1, 0.15) is 23.0 Å². The number of hydrogen-bond acceptors (Lipinski definition) is 23. The minimum atomic E-state index is -2.86. The van der Waals surface area contributed by atoms with Gasteiger partial charge in [-0.3, -0.25) is 19.9 Å². The number of nitrogens with zero attached hydrogens (tertiary/aromatic N) is 11. The van der Waals surface area contributed by atoms with Gasteiger partial charge in [-0.25, -0.2) is 44.3 Å². The Labute approximate surface area is 763 Å². The number of alkyl halides is 6. The van der Waals surface area contributed by atoms with Gasteiger partial charge in [-0.2, -0.15) is 26.3 Å². The number of nitrogen functional groups attached to an aromatic ring is 1. The van der Waals surface area contributed by atoms with E-state index >= 15 is 0 Å². The second kappa shape index (κ2) is 42.7. The van der Waals surface area contributed by atoms with Crippen LogP contribution in [-0.4, -0.2) is 167 Å². The molecule has 4 amide bonds. The molecule has 0 unspecified atom stereocenters. The van der Waals surface area contributed by atoms with E-state index in [2.05, 4.69) is 150 Å². The molecule has 18 rings (SSSR count). The minimum absolute atomic E-state index is 0.0747. The number of rotatable bonds is 23. The lowest BCUT2D eigenvalue weighted by atomic mass is 10.1. The Balaban J connectivity index is 0.000000184. The van der Waals surface area contributed by atoms with Crippen molar-refractivity contribution >= 4 is 86.7 Å². The summed E-state index contributed by atoms with van der Waals surface area (Å²) in [5, 5.41) is 32.8. The summed E-state index contributed by atoms with van der Waals surface area (Å²) in [6.45, 7) is 7.36. The number of urea groups is 2. The van der Waals surface area contributed by atoms with Crippen LogP contribution in [0, 0.1) is 30.9 Å². The van der Waals surface area contributed by atoms with Crippen molar-refractivity contribution in [2.75, 3.05) is 91.2 Å². The molecule has 0 radical (unpaired) electrons. The molecule has 3 spiro atoms. The van der Waals surface area contributed by atoms with Gasteiger partial charge in [0, 0.05) is 212 Å². The first-order valence-corrected chi connectivity index (χ1v) is 42.4. The number of non-ortho nitro benzene ring substituents is 1. The van der Waals surface area contributed by atoms with E-state index in [1.54, 1.807) is 73.6 Å². The Hall–Kier alpha value is -14.1. The van der Waals surface area contributed by atoms with Gasteiger partial charge in [-0.1, -0.05) is 115 Å². The number of anilines is 9. The molecular weight excluding hydrogens is 1700 g/mol. The summed E-state index contributed by atoms with van der Waals surface area (Å²) in [7, 11) is 0. The van der Waals surface area contributed by atoms with Crippen LogP contribution in [-0.2, 0) is 13.1 Å². The van der Waals surface area contributed by atoms with Gasteiger partial charge in [0.2, 0.25) is 17.8 Å². The van der Waals surface area contributed by atoms with Crippen molar-refractivity contribution in [3.8, 4) is 56.4 Å². The molecule has 3 aliphatic heterocycles. The Kier molecular flexibility index (Phi) is 28.5. The normalized spacial score (nSPS) is 15.6. The molecule has 9 N–H and O–H groups in total. The average molecular weight is 1810 g/mol. The van der Waals surface area contributed by atoms with Gasteiger partial charge < -0.3 is 71.7 Å². The van der Waals surface area contributed by atoms with Crippen LogP contribution < -0.4 is 61.9 Å². The maximum atomic E-state index is 13.3. The predicted molar refractivity (Wildman–Crippen MR) is 495 cm³/mol. The number of benzene rings is 9. The zero-order valence-electron chi connectivity index (χ0n) is 79.2. The lowest BCUT2D eigenvalue weighted by Crippen LogP contribution is -2.56. The number of hydrogen-bond donors (Lipinski definition) is 8. The lowest BCUT2D eigenvalue weighted by Gasteiger charge is -2.42. The molecule has 28 nitrogen and oxygen atoms in total. The van der Waals surface area contributed by atoms with E-state index in [0.717, 1.165) is 150 Å². The Morgan fingerprint density at radius 3 is 1.25 bits per heavy atom. The number of nitro benzene ring substituents is 1. The first kappa shape index (κ1) is 86.7. The molecule has 3 aliphatic carbocycles. The minimum Gasteiger partial charge on any atom is -0.435 e. The maximum Gasteiger partial charge on any atom is 0.409 e. The van der Waals surface area contributed by atoms with Crippen LogP contribution in [0.5, 0.6) is 23.0 Å². The zero-order valence-corrected chi connectivity index (χ0v) is 72.0. The Morgan fingerprint density at radius 2 is 0.869 bits per heavy atom. The molecule has 3 saturated heterocycles. The zero-order chi connectivity index (χ0) is 99.3. The van der Waals surface area contributed by atoms with Crippen molar-refractivity contribution in [2.24, 2.45) is 0 Å². The third-order valence-corrected chi connectivity index (χ3v) is 22.9. The van der Waals surface area contributed by atoms with E-state index in [4.69, 9.17) is 29.2 Å². The first-order chi connectivity index (χ1) is 66.7. The topological polar surface area (TPSA) is 332 Å². The summed E-state index contributed by atoms with van der Waals surface area (Å²) in [5.74, 6) is 1.68. The van der Waals surface area contributed by atoms with Crippen LogP contribution in [0.25, 0.3) is 33.4 Å². The van der Waals surface area contributed by atoms with Crippen molar-refractivity contribution in [2.45, 2.75) is 109 Å². The number of nitrogens with one attached hydrogen (secondary N) is 7. The lowest BCUT2D eigenvalue weighted by molar-refractivity contribution is -0.384. The third kappa shape index (κ3) is 26.1. The number of aryl methyl sites for hydroxylation is 3. The van der Waals surface area contributed by atoms with Gasteiger partial charge in [-0.15, -0.1) is 0 Å². The number of nitrogens with two attached hydrogens (primary N) is 1. The van der Waals surface area contributed by atoms with Crippen LogP contribution >= 0.6 is 11.6 Å². The van der Waals surface area contributed by atoms with Crippen LogP contribution in [0.2, 0.25) is 0 Å². The van der Waals surface area contributed by atoms with E-state index in [9.17, 15) is 50.8 Å². The summed E-state index contributed by atoms with van der Waals surface area (Å²) in [4.78, 5) is 81.1. The van der Waals surface area contributed by atoms with Crippen molar-refractivity contribution in [3.63, 3.8) is 0 Å². The highest BCUT2D eigenvalue weighted by Crippen LogP contribution is 2.46. The van der Waals surface area contributed by atoms with Gasteiger partial charge in [0.25, 0.3) is 5.69 Å². The van der Waals surface area contributed by atoms with Crippen molar-refractivity contribution in [3.05, 3.63) is 287 Å². The summed E-state index contributed by atoms with van der Waals surface area (Å²) < 4.78 is 131. The second-order valence-corrected chi connectivity index (χ2v) is 32.4. The van der Waals surface area contributed by atoms with Gasteiger partial charge in [-0.05, 0) is 189 Å². The number of ether oxygens (including phenoxy) is 4. The van der Waals surface area contributed by atoms with Crippen molar-refractivity contribution in [1.29, 1.82) is 0 Å². The monoisotopic (exact) mass is 1810 g/mol. The summed E-state index contributed by atoms with van der Waals surface area (Å²) in [5.41, 5.74) is 20.2. The fraction of sp³-hybridized carbons (Fsp3) is 0.274. The highest BCUT2D eigenvalue weighted by Gasteiger charge is 2.52. The summed E-state index contributed by atoms with van der Waals surface area (Å²) >= 11 is 4.92. The number of aromatic nitrogens is 6.